The molecule has 0 unspecified atom stereocenters. The van der Waals surface area contributed by atoms with Crippen molar-refractivity contribution in [3.8, 4) is 0 Å². The number of hydrogen-bond donors (Lipinski definition) is 6. The van der Waals surface area contributed by atoms with E-state index in [1.807, 2.05) is 50.5 Å². The third kappa shape index (κ3) is 19.0. The Bertz CT molecular complexity index is 1440. The largest absolute Gasteiger partial charge is 0.393 e. The van der Waals surface area contributed by atoms with Crippen LogP contribution in [0.25, 0.3) is 0 Å². The van der Waals surface area contributed by atoms with Gasteiger partial charge in [-0.3, -0.25) is 34.6 Å². The van der Waals surface area contributed by atoms with Crippen molar-refractivity contribution in [2.45, 2.75) is 136 Å². The molecule has 19 heteroatoms. The molecular formula is C39H70N8O10S. The number of carbonyl (C=O) groups is 8. The molecule has 0 aromatic heterocycles. The summed E-state index contributed by atoms with van der Waals surface area (Å²) in [6, 6.07) is -6.76. The van der Waals surface area contributed by atoms with Crippen LogP contribution in [-0.2, 0) is 24.0 Å². The van der Waals surface area contributed by atoms with Gasteiger partial charge in [-0.15, -0.1) is 11.8 Å². The van der Waals surface area contributed by atoms with Crippen molar-refractivity contribution in [2.24, 2.45) is 11.8 Å². The van der Waals surface area contributed by atoms with E-state index in [2.05, 4.69) is 10.6 Å². The second-order valence-electron chi connectivity index (χ2n) is 15.7. The fourth-order valence-electron chi connectivity index (χ4n) is 5.66. The SMILES string of the molecule is C/C=C/C[C@@H](C)C[C@@H](C(=O)N[C@@H](CC)C(=O)N(C)[C@H](SCCC[C@@H](C)O)C(=O)N(C)[C@@H](CC(C)(C)O)C(=O)NC(=O)N(C)C(=O)NC(=O)NC)N(C)C(=O)CC(C)C. The summed E-state index contributed by atoms with van der Waals surface area (Å²) in [7, 11) is 6.50. The van der Waals surface area contributed by atoms with Gasteiger partial charge in [-0.05, 0) is 77.4 Å². The van der Waals surface area contributed by atoms with Gasteiger partial charge in [0, 0.05) is 48.1 Å². The van der Waals surface area contributed by atoms with Crippen molar-refractivity contribution in [1.82, 2.24) is 40.9 Å². The monoisotopic (exact) mass is 842 g/mol. The van der Waals surface area contributed by atoms with Crippen LogP contribution in [0.3, 0.4) is 0 Å². The third-order valence-corrected chi connectivity index (χ3v) is 10.6. The summed E-state index contributed by atoms with van der Waals surface area (Å²) in [5, 5.41) is 28.2. The van der Waals surface area contributed by atoms with Crippen molar-refractivity contribution in [3.05, 3.63) is 12.2 Å². The van der Waals surface area contributed by atoms with E-state index in [9.17, 15) is 48.6 Å². The first-order valence-corrected chi connectivity index (χ1v) is 20.7. The zero-order chi connectivity index (χ0) is 45.1. The van der Waals surface area contributed by atoms with E-state index in [0.717, 1.165) is 23.7 Å². The maximum absolute atomic E-state index is 14.4. The number of urea groups is 3. The first-order valence-electron chi connectivity index (χ1n) is 19.7. The van der Waals surface area contributed by atoms with Crippen molar-refractivity contribution in [3.63, 3.8) is 0 Å². The van der Waals surface area contributed by atoms with Crippen LogP contribution in [-0.4, -0.2) is 154 Å². The van der Waals surface area contributed by atoms with Gasteiger partial charge in [0.15, 0.2) is 5.37 Å². The number of aliphatic hydroxyl groups is 2. The Labute approximate surface area is 348 Å². The maximum Gasteiger partial charge on any atom is 0.333 e. The molecule has 58 heavy (non-hydrogen) atoms. The molecule has 0 aromatic rings. The van der Waals surface area contributed by atoms with E-state index >= 15 is 0 Å². The number of amides is 11. The van der Waals surface area contributed by atoms with Gasteiger partial charge >= 0.3 is 18.1 Å². The van der Waals surface area contributed by atoms with Crippen molar-refractivity contribution in [1.29, 1.82) is 0 Å². The molecule has 6 atom stereocenters. The summed E-state index contributed by atoms with van der Waals surface area (Å²) in [6.45, 7) is 13.8. The van der Waals surface area contributed by atoms with Crippen molar-refractivity contribution >= 4 is 59.4 Å². The van der Waals surface area contributed by atoms with E-state index < -0.39 is 76.9 Å². The van der Waals surface area contributed by atoms with Crippen LogP contribution in [0.1, 0.15) is 100 Å². The lowest BCUT2D eigenvalue weighted by molar-refractivity contribution is -0.147. The molecule has 0 spiro atoms. The first-order chi connectivity index (χ1) is 26.8. The highest BCUT2D eigenvalue weighted by molar-refractivity contribution is 8.00. The first kappa shape index (κ1) is 53.8. The molecule has 0 aliphatic carbocycles. The zero-order valence-corrected chi connectivity index (χ0v) is 37.5. The Balaban J connectivity index is 6.69. The molecule has 0 saturated carbocycles. The normalized spacial score (nSPS) is 14.6. The number of hydrogen-bond acceptors (Lipinski definition) is 11. The molecule has 0 aliphatic heterocycles. The van der Waals surface area contributed by atoms with Crippen LogP contribution in [0.15, 0.2) is 12.2 Å². The van der Waals surface area contributed by atoms with E-state index in [0.29, 0.717) is 36.3 Å². The number of nitrogens with zero attached hydrogens (tertiary/aromatic N) is 4. The molecule has 332 valence electrons. The van der Waals surface area contributed by atoms with Crippen molar-refractivity contribution in [2.75, 3.05) is 41.0 Å². The minimum absolute atomic E-state index is 0.0275. The van der Waals surface area contributed by atoms with Gasteiger partial charge in [0.2, 0.25) is 17.7 Å². The number of rotatable bonds is 22. The van der Waals surface area contributed by atoms with Gasteiger partial charge < -0.3 is 35.5 Å². The Kier molecular flexibility index (Phi) is 24.1. The molecule has 6 N–H and O–H groups in total. The summed E-state index contributed by atoms with van der Waals surface area (Å²) >= 11 is 1.07. The lowest BCUT2D eigenvalue weighted by Gasteiger charge is -2.37. The number of nitrogens with one attached hydrogen (secondary N) is 4. The highest BCUT2D eigenvalue weighted by Gasteiger charge is 2.40. The average Bonchev–Trinajstić information content (AvgIpc) is 3.14. The lowest BCUT2D eigenvalue weighted by atomic mass is 9.95. The zero-order valence-electron chi connectivity index (χ0n) is 36.7. The van der Waals surface area contributed by atoms with Crippen LogP contribution in [0.2, 0.25) is 0 Å². The summed E-state index contributed by atoms with van der Waals surface area (Å²) in [4.78, 5) is 110. The van der Waals surface area contributed by atoms with E-state index in [1.165, 1.54) is 44.8 Å². The molecule has 0 heterocycles. The van der Waals surface area contributed by atoms with Gasteiger partial charge in [0.1, 0.15) is 18.1 Å². The molecule has 0 aromatic carbocycles. The lowest BCUT2D eigenvalue weighted by Crippen LogP contribution is -2.59. The number of carbonyl (C=O) groups excluding carboxylic acids is 8. The molecular weight excluding hydrogens is 773 g/mol. The van der Waals surface area contributed by atoms with E-state index in [-0.39, 0.29) is 37.0 Å². The number of aliphatic hydroxyl groups excluding tert-OH is 1. The number of likely N-dealkylation sites (N-methyl/N-ethyl adjacent to an activating group) is 3. The standard InChI is InChI=1S/C39H70N8O10S/c1-14-16-18-25(5)22-28(44(10)30(49)21-24(3)4)31(50)41-27(15-2)33(52)46(12)35(58-20-17-19-26(6)48)34(53)45(11)29(23-39(7,8)57)32(51)42-37(55)47(13)38(56)43-36(54)40-9/h14,16,24-29,35,48,57H,15,17-23H2,1-13H3,(H,41,50)(H,42,51,55)(H2,40,43,54,56)/b16-14+/t25-,26-,27+,28+,29+,35-/m1/s1. The smallest absolute Gasteiger partial charge is 0.333 e. The Hall–Kier alpha value is -4.23. The molecule has 0 rings (SSSR count). The number of thioether (sulfide) groups is 1. The Morgan fingerprint density at radius 2 is 1.41 bits per heavy atom. The molecule has 18 nitrogen and oxygen atoms in total. The highest BCUT2D eigenvalue weighted by atomic mass is 32.2. The van der Waals surface area contributed by atoms with Gasteiger partial charge in [0.25, 0.3) is 11.8 Å². The van der Waals surface area contributed by atoms with Gasteiger partial charge in [-0.2, -0.15) is 0 Å². The fraction of sp³-hybridized carbons (Fsp3) is 0.744. The third-order valence-electron chi connectivity index (χ3n) is 9.22. The topological polar surface area (TPSA) is 238 Å². The number of imide groups is 3. The van der Waals surface area contributed by atoms with Crippen LogP contribution in [0, 0.1) is 11.8 Å². The quantitative estimate of drug-likeness (QED) is 0.0527. The summed E-state index contributed by atoms with van der Waals surface area (Å²) < 4.78 is 0. The van der Waals surface area contributed by atoms with Gasteiger partial charge in [-0.25, -0.2) is 19.3 Å². The predicted octanol–water partition coefficient (Wildman–Crippen LogP) is 2.63. The minimum atomic E-state index is -1.55. The van der Waals surface area contributed by atoms with E-state index in [1.54, 1.807) is 20.9 Å². The van der Waals surface area contributed by atoms with Crippen LogP contribution < -0.4 is 21.3 Å². The fourth-order valence-corrected chi connectivity index (χ4v) is 6.85. The summed E-state index contributed by atoms with van der Waals surface area (Å²) in [5.74, 6) is -2.78. The second-order valence-corrected chi connectivity index (χ2v) is 16.9. The predicted molar refractivity (Wildman–Crippen MR) is 223 cm³/mol. The second kappa shape index (κ2) is 26.0. The van der Waals surface area contributed by atoms with Crippen LogP contribution in [0.4, 0.5) is 14.4 Å². The van der Waals surface area contributed by atoms with Crippen molar-refractivity contribution < 1.29 is 48.6 Å². The molecule has 11 amide bonds. The van der Waals surface area contributed by atoms with Gasteiger partial charge in [-0.1, -0.05) is 39.8 Å². The van der Waals surface area contributed by atoms with Gasteiger partial charge in [0.05, 0.1) is 11.7 Å². The van der Waals surface area contributed by atoms with Crippen LogP contribution >= 0.6 is 11.8 Å². The Morgan fingerprint density at radius 1 is 0.828 bits per heavy atom. The summed E-state index contributed by atoms with van der Waals surface area (Å²) in [5.41, 5.74) is -1.55. The highest BCUT2D eigenvalue weighted by Crippen LogP contribution is 2.24. The number of allylic oxidation sites excluding steroid dienone is 2. The average molecular weight is 843 g/mol. The van der Waals surface area contributed by atoms with E-state index in [4.69, 9.17) is 0 Å². The summed E-state index contributed by atoms with van der Waals surface area (Å²) in [6.07, 6.45) is 5.15. The minimum Gasteiger partial charge on any atom is -0.393 e. The molecule has 0 aliphatic rings. The molecule has 0 saturated heterocycles. The molecule has 0 radical (unpaired) electrons. The Morgan fingerprint density at radius 3 is 1.91 bits per heavy atom. The van der Waals surface area contributed by atoms with Crippen LogP contribution in [0.5, 0.6) is 0 Å². The molecule has 0 fully saturated rings. The maximum atomic E-state index is 14.4. The molecule has 0 bridgehead atoms.